The van der Waals surface area contributed by atoms with Crippen LogP contribution in [0.5, 0.6) is 0 Å². The van der Waals surface area contributed by atoms with Crippen LogP contribution in [0.4, 0.5) is 0 Å². The molecule has 3 heteroatoms. The molecule has 0 aromatic rings. The Morgan fingerprint density at radius 1 is 1.29 bits per heavy atom. The molecule has 0 saturated heterocycles. The van der Waals surface area contributed by atoms with Gasteiger partial charge in [0.1, 0.15) is 0 Å². The summed E-state index contributed by atoms with van der Waals surface area (Å²) in [6.07, 6.45) is 3.53. The van der Waals surface area contributed by atoms with Gasteiger partial charge >= 0.3 is 0 Å². The first-order chi connectivity index (χ1) is 6.43. The van der Waals surface area contributed by atoms with Crippen LogP contribution in [0, 0.1) is 0 Å². The zero-order valence-corrected chi connectivity index (χ0v) is 9.45. The minimum Gasteiger partial charge on any atom is -0.392 e. The maximum atomic E-state index is 9.77. The number of rotatable bonds is 3. The Hall–Kier alpha value is -0.120. The van der Waals surface area contributed by atoms with Gasteiger partial charge in [-0.15, -0.1) is 0 Å². The fourth-order valence-corrected chi connectivity index (χ4v) is 1.88. The van der Waals surface area contributed by atoms with E-state index in [0.717, 1.165) is 19.3 Å². The fourth-order valence-electron chi connectivity index (χ4n) is 1.88. The van der Waals surface area contributed by atoms with E-state index in [1.54, 1.807) is 6.92 Å². The number of aliphatic hydroxyl groups excluding tert-OH is 2. The molecule has 1 aliphatic carbocycles. The van der Waals surface area contributed by atoms with Crippen molar-refractivity contribution in [3.8, 4) is 0 Å². The molecule has 84 valence electrons. The minimum absolute atomic E-state index is 0.147. The van der Waals surface area contributed by atoms with E-state index >= 15 is 0 Å². The van der Waals surface area contributed by atoms with E-state index in [2.05, 4.69) is 5.32 Å². The van der Waals surface area contributed by atoms with E-state index in [0.29, 0.717) is 0 Å². The predicted octanol–water partition coefficient (Wildman–Crippen LogP) is 1.04. The van der Waals surface area contributed by atoms with E-state index < -0.39 is 6.10 Å². The number of hydrogen-bond donors (Lipinski definition) is 3. The third-order valence-electron chi connectivity index (χ3n) is 3.33. The number of nitrogens with one attached hydrogen (secondary N) is 1. The number of hydrogen-bond acceptors (Lipinski definition) is 3. The van der Waals surface area contributed by atoms with E-state index in [-0.39, 0.29) is 17.7 Å². The van der Waals surface area contributed by atoms with Crippen molar-refractivity contribution in [2.75, 3.05) is 0 Å². The third kappa shape index (κ3) is 2.94. The fraction of sp³-hybridized carbons (Fsp3) is 1.00. The Labute approximate surface area is 86.5 Å². The van der Waals surface area contributed by atoms with Gasteiger partial charge in [0.05, 0.1) is 12.2 Å². The second-order valence-corrected chi connectivity index (χ2v) is 5.00. The molecule has 0 bridgehead atoms. The molecule has 1 saturated carbocycles. The zero-order valence-electron chi connectivity index (χ0n) is 9.45. The molecule has 3 atom stereocenters. The quantitative estimate of drug-likeness (QED) is 0.639. The molecular weight excluding hydrogens is 178 g/mol. The van der Waals surface area contributed by atoms with Crippen LogP contribution in [0.15, 0.2) is 0 Å². The summed E-state index contributed by atoms with van der Waals surface area (Å²) in [7, 11) is 0. The largest absolute Gasteiger partial charge is 0.392 e. The summed E-state index contributed by atoms with van der Waals surface area (Å²) >= 11 is 0. The van der Waals surface area contributed by atoms with Crippen LogP contribution in [0.3, 0.4) is 0 Å². The van der Waals surface area contributed by atoms with Crippen molar-refractivity contribution in [2.24, 2.45) is 0 Å². The second kappa shape index (κ2) is 4.60. The first kappa shape index (κ1) is 12.0. The second-order valence-electron chi connectivity index (χ2n) is 5.00. The van der Waals surface area contributed by atoms with Gasteiger partial charge in [-0.1, -0.05) is 12.8 Å². The summed E-state index contributed by atoms with van der Waals surface area (Å²) in [6, 6.07) is 0.147. The summed E-state index contributed by atoms with van der Waals surface area (Å²) < 4.78 is 0. The van der Waals surface area contributed by atoms with Crippen LogP contribution in [-0.4, -0.2) is 34.0 Å². The van der Waals surface area contributed by atoms with Gasteiger partial charge in [0.25, 0.3) is 0 Å². The molecule has 3 nitrogen and oxygen atoms in total. The van der Waals surface area contributed by atoms with Crippen LogP contribution in [0.2, 0.25) is 0 Å². The minimum atomic E-state index is -0.406. The molecule has 3 N–H and O–H groups in total. The molecule has 14 heavy (non-hydrogen) atoms. The Balaban J connectivity index is 2.49. The first-order valence-corrected chi connectivity index (χ1v) is 5.57. The summed E-state index contributed by atoms with van der Waals surface area (Å²) in [5.74, 6) is 0. The van der Waals surface area contributed by atoms with Crippen LogP contribution in [0.1, 0.15) is 46.5 Å². The highest BCUT2D eigenvalue weighted by Gasteiger charge is 2.31. The van der Waals surface area contributed by atoms with Gasteiger partial charge in [-0.25, -0.2) is 0 Å². The standard InChI is InChI=1S/C11H23NO2/c1-8(13)11(2,3)12-9-6-4-5-7-10(9)14/h8-10,12-14H,4-7H2,1-3H3/t8?,9-,10-/m0/s1. The van der Waals surface area contributed by atoms with E-state index in [1.807, 2.05) is 13.8 Å². The zero-order chi connectivity index (χ0) is 10.8. The number of aliphatic hydroxyl groups is 2. The molecule has 1 rings (SSSR count). The van der Waals surface area contributed by atoms with Gasteiger partial charge in [0.15, 0.2) is 0 Å². The Morgan fingerprint density at radius 3 is 2.36 bits per heavy atom. The lowest BCUT2D eigenvalue weighted by atomic mass is 9.89. The molecule has 0 aliphatic heterocycles. The highest BCUT2D eigenvalue weighted by atomic mass is 16.3. The maximum Gasteiger partial charge on any atom is 0.0693 e. The lowest BCUT2D eigenvalue weighted by Crippen LogP contribution is -2.56. The van der Waals surface area contributed by atoms with Crippen molar-refractivity contribution < 1.29 is 10.2 Å². The van der Waals surface area contributed by atoms with Crippen LogP contribution in [-0.2, 0) is 0 Å². The van der Waals surface area contributed by atoms with Gasteiger partial charge in [-0.05, 0) is 33.6 Å². The van der Waals surface area contributed by atoms with E-state index in [9.17, 15) is 10.2 Å². The average Bonchev–Trinajstić information content (AvgIpc) is 2.08. The normalized spacial score (nSPS) is 31.5. The molecule has 0 radical (unpaired) electrons. The van der Waals surface area contributed by atoms with Gasteiger partial charge < -0.3 is 15.5 Å². The summed E-state index contributed by atoms with van der Waals surface area (Å²) in [4.78, 5) is 0. The molecule has 0 spiro atoms. The lowest BCUT2D eigenvalue weighted by Gasteiger charge is -2.38. The molecular formula is C11H23NO2. The molecule has 1 unspecified atom stereocenters. The third-order valence-corrected chi connectivity index (χ3v) is 3.33. The molecule has 0 amide bonds. The molecule has 1 fully saturated rings. The smallest absolute Gasteiger partial charge is 0.0693 e. The summed E-state index contributed by atoms with van der Waals surface area (Å²) in [5, 5.41) is 22.7. The van der Waals surface area contributed by atoms with Crippen LogP contribution < -0.4 is 5.32 Å². The van der Waals surface area contributed by atoms with Crippen molar-refractivity contribution >= 4 is 0 Å². The molecule has 0 heterocycles. The highest BCUT2D eigenvalue weighted by Crippen LogP contribution is 2.21. The summed E-state index contributed by atoms with van der Waals surface area (Å²) in [5.41, 5.74) is -0.316. The van der Waals surface area contributed by atoms with Crippen molar-refractivity contribution in [3.05, 3.63) is 0 Å². The highest BCUT2D eigenvalue weighted by molar-refractivity contribution is 4.91. The van der Waals surface area contributed by atoms with Gasteiger partial charge in [-0.3, -0.25) is 0 Å². The Kier molecular flexibility index (Phi) is 3.93. The van der Waals surface area contributed by atoms with Gasteiger partial charge in [0, 0.05) is 11.6 Å². The van der Waals surface area contributed by atoms with Crippen molar-refractivity contribution in [1.82, 2.24) is 5.32 Å². The first-order valence-electron chi connectivity index (χ1n) is 5.57. The monoisotopic (exact) mass is 201 g/mol. The maximum absolute atomic E-state index is 9.77. The summed E-state index contributed by atoms with van der Waals surface area (Å²) in [6.45, 7) is 5.72. The van der Waals surface area contributed by atoms with E-state index in [1.165, 1.54) is 6.42 Å². The SMILES string of the molecule is CC(O)C(C)(C)N[C@H]1CCCC[C@@H]1O. The average molecular weight is 201 g/mol. The van der Waals surface area contributed by atoms with Crippen LogP contribution in [0.25, 0.3) is 0 Å². The van der Waals surface area contributed by atoms with Gasteiger partial charge in [0.2, 0.25) is 0 Å². The van der Waals surface area contributed by atoms with E-state index in [4.69, 9.17) is 0 Å². The predicted molar refractivity (Wildman–Crippen MR) is 57.2 cm³/mol. The Morgan fingerprint density at radius 2 is 1.86 bits per heavy atom. The van der Waals surface area contributed by atoms with Crippen molar-refractivity contribution in [2.45, 2.75) is 70.2 Å². The molecule has 0 aromatic heterocycles. The van der Waals surface area contributed by atoms with Crippen molar-refractivity contribution in [1.29, 1.82) is 0 Å². The molecule has 0 aromatic carbocycles. The van der Waals surface area contributed by atoms with Crippen LogP contribution >= 0.6 is 0 Å². The lowest BCUT2D eigenvalue weighted by molar-refractivity contribution is 0.0381. The topological polar surface area (TPSA) is 52.5 Å². The van der Waals surface area contributed by atoms with Crippen molar-refractivity contribution in [3.63, 3.8) is 0 Å². The Bertz CT molecular complexity index is 180. The molecule has 1 aliphatic rings. The van der Waals surface area contributed by atoms with Gasteiger partial charge in [-0.2, -0.15) is 0 Å².